The van der Waals surface area contributed by atoms with Gasteiger partial charge in [0.2, 0.25) is 5.91 Å². The van der Waals surface area contributed by atoms with Crippen molar-refractivity contribution in [2.75, 3.05) is 13.1 Å². The number of ether oxygens (including phenoxy) is 1. The maximum Gasteiger partial charge on any atom is 0.410 e. The average molecular weight is 364 g/mol. The van der Waals surface area contributed by atoms with Crippen molar-refractivity contribution < 1.29 is 18.7 Å². The molecular weight excluding hydrogens is 335 g/mol. The number of nitrogens with one attached hydrogen (secondary N) is 1. The summed E-state index contributed by atoms with van der Waals surface area (Å²) < 4.78 is 19.5. The number of carbonyl (C=O) groups is 2. The first-order valence-corrected chi connectivity index (χ1v) is 9.04. The molecule has 1 aromatic rings. The first-order valence-electron chi connectivity index (χ1n) is 9.04. The lowest BCUT2D eigenvalue weighted by atomic mass is 9.91. The van der Waals surface area contributed by atoms with E-state index in [1.54, 1.807) is 36.9 Å². The van der Waals surface area contributed by atoms with E-state index in [-0.39, 0.29) is 17.6 Å². The van der Waals surface area contributed by atoms with Gasteiger partial charge in [0.25, 0.3) is 0 Å². The van der Waals surface area contributed by atoms with E-state index in [9.17, 15) is 14.0 Å². The van der Waals surface area contributed by atoms with Crippen LogP contribution in [0, 0.1) is 11.7 Å². The Labute approximate surface area is 154 Å². The van der Waals surface area contributed by atoms with E-state index in [0.29, 0.717) is 25.1 Å². The topological polar surface area (TPSA) is 58.6 Å². The number of likely N-dealkylation sites (tertiary alicyclic amines) is 1. The van der Waals surface area contributed by atoms with Crippen LogP contribution in [0.5, 0.6) is 0 Å². The zero-order chi connectivity index (χ0) is 19.5. The highest BCUT2D eigenvalue weighted by Crippen LogP contribution is 2.25. The number of hydrogen-bond donors (Lipinski definition) is 1. The average Bonchev–Trinajstić information content (AvgIpc) is 2.53. The van der Waals surface area contributed by atoms with Crippen molar-refractivity contribution in [3.8, 4) is 0 Å². The number of amides is 2. The normalized spacial score (nSPS) is 18.4. The van der Waals surface area contributed by atoms with E-state index in [1.807, 2.05) is 20.8 Å². The minimum atomic E-state index is -0.837. The van der Waals surface area contributed by atoms with E-state index < -0.39 is 17.2 Å². The predicted octanol–water partition coefficient (Wildman–Crippen LogP) is 3.82. The number of piperidine rings is 1. The van der Waals surface area contributed by atoms with Crippen LogP contribution in [-0.4, -0.2) is 35.6 Å². The van der Waals surface area contributed by atoms with Gasteiger partial charge in [-0.25, -0.2) is 9.18 Å². The summed E-state index contributed by atoms with van der Waals surface area (Å²) in [5, 5.41) is 2.93. The van der Waals surface area contributed by atoms with Crippen molar-refractivity contribution in [2.24, 2.45) is 5.92 Å². The molecule has 1 aliphatic heterocycles. The Morgan fingerprint density at radius 1 is 1.19 bits per heavy atom. The number of hydrogen-bond acceptors (Lipinski definition) is 3. The molecule has 1 saturated heterocycles. The monoisotopic (exact) mass is 364 g/mol. The Morgan fingerprint density at radius 3 is 2.46 bits per heavy atom. The molecule has 1 aromatic carbocycles. The Kier molecular flexibility index (Phi) is 5.94. The molecule has 0 saturated carbocycles. The molecule has 1 aliphatic rings. The molecule has 5 nitrogen and oxygen atoms in total. The van der Waals surface area contributed by atoms with Crippen LogP contribution in [0.2, 0.25) is 0 Å². The third-order valence-corrected chi connectivity index (χ3v) is 4.43. The highest BCUT2D eigenvalue weighted by molar-refractivity contribution is 5.81. The number of rotatable bonds is 3. The summed E-state index contributed by atoms with van der Waals surface area (Å²) >= 11 is 0. The molecule has 0 radical (unpaired) electrons. The van der Waals surface area contributed by atoms with Crippen LogP contribution in [0.1, 0.15) is 53.0 Å². The van der Waals surface area contributed by atoms with Gasteiger partial charge < -0.3 is 15.0 Å². The molecule has 144 valence electrons. The molecule has 0 aromatic heterocycles. The molecule has 1 heterocycles. The SMILES string of the molecule is CC(C)(C)OC(=O)N1CCC[C@H](C(=O)NC(C)(C)c2ccccc2F)C1. The Bertz CT molecular complexity index is 667. The first kappa shape index (κ1) is 20.2. The van der Waals surface area contributed by atoms with Gasteiger partial charge in [-0.15, -0.1) is 0 Å². The van der Waals surface area contributed by atoms with Crippen LogP contribution in [0.4, 0.5) is 9.18 Å². The summed E-state index contributed by atoms with van der Waals surface area (Å²) in [6.07, 6.45) is 1.03. The standard InChI is InChI=1S/C20H29FN2O3/c1-19(2,3)26-18(25)23-12-8-9-14(13-23)17(24)22-20(4,5)15-10-6-7-11-16(15)21/h6-7,10-11,14H,8-9,12-13H2,1-5H3,(H,22,24)/t14-/m0/s1. The number of benzene rings is 1. The van der Waals surface area contributed by atoms with Crippen molar-refractivity contribution in [3.05, 3.63) is 35.6 Å². The smallest absolute Gasteiger partial charge is 0.410 e. The van der Waals surface area contributed by atoms with Crippen LogP contribution >= 0.6 is 0 Å². The van der Waals surface area contributed by atoms with Crippen LogP contribution < -0.4 is 5.32 Å². The zero-order valence-corrected chi connectivity index (χ0v) is 16.3. The van der Waals surface area contributed by atoms with Crippen LogP contribution in [-0.2, 0) is 15.1 Å². The van der Waals surface area contributed by atoms with E-state index in [0.717, 1.165) is 6.42 Å². The second kappa shape index (κ2) is 7.64. The Balaban J connectivity index is 2.03. The minimum absolute atomic E-state index is 0.175. The number of halogens is 1. The molecule has 2 rings (SSSR count). The van der Waals surface area contributed by atoms with Gasteiger partial charge in [-0.2, -0.15) is 0 Å². The van der Waals surface area contributed by atoms with Crippen LogP contribution in [0.25, 0.3) is 0 Å². The van der Waals surface area contributed by atoms with Gasteiger partial charge in [0.1, 0.15) is 11.4 Å². The highest BCUT2D eigenvalue weighted by Gasteiger charge is 2.34. The molecule has 26 heavy (non-hydrogen) atoms. The summed E-state index contributed by atoms with van der Waals surface area (Å²) in [7, 11) is 0. The largest absolute Gasteiger partial charge is 0.444 e. The van der Waals surface area contributed by atoms with Gasteiger partial charge in [0.05, 0.1) is 11.5 Å². The Hall–Kier alpha value is -2.11. The molecule has 0 spiro atoms. The maximum atomic E-state index is 14.1. The lowest BCUT2D eigenvalue weighted by Gasteiger charge is -2.35. The summed E-state index contributed by atoms with van der Waals surface area (Å²) in [6.45, 7) is 9.89. The number of nitrogens with zero attached hydrogens (tertiary/aromatic N) is 1. The van der Waals surface area contributed by atoms with Crippen molar-refractivity contribution >= 4 is 12.0 Å². The van der Waals surface area contributed by atoms with Crippen molar-refractivity contribution in [2.45, 2.75) is 58.6 Å². The zero-order valence-electron chi connectivity index (χ0n) is 16.3. The van der Waals surface area contributed by atoms with Crippen molar-refractivity contribution in [1.82, 2.24) is 10.2 Å². The minimum Gasteiger partial charge on any atom is -0.444 e. The molecule has 1 fully saturated rings. The molecule has 6 heteroatoms. The summed E-state index contributed by atoms with van der Waals surface area (Å²) in [6, 6.07) is 6.42. The lowest BCUT2D eigenvalue weighted by molar-refractivity contribution is -0.128. The van der Waals surface area contributed by atoms with Gasteiger partial charge >= 0.3 is 6.09 Å². The van der Waals surface area contributed by atoms with Crippen molar-refractivity contribution in [3.63, 3.8) is 0 Å². The molecule has 0 bridgehead atoms. The Morgan fingerprint density at radius 2 is 1.85 bits per heavy atom. The molecule has 0 unspecified atom stereocenters. The van der Waals surface area contributed by atoms with E-state index in [1.165, 1.54) is 6.07 Å². The van der Waals surface area contributed by atoms with Crippen LogP contribution in [0.15, 0.2) is 24.3 Å². The summed E-state index contributed by atoms with van der Waals surface area (Å²) in [4.78, 5) is 26.6. The van der Waals surface area contributed by atoms with Gasteiger partial charge in [-0.3, -0.25) is 4.79 Å². The summed E-state index contributed by atoms with van der Waals surface area (Å²) in [5.41, 5.74) is -0.969. The second-order valence-electron chi connectivity index (χ2n) is 8.36. The molecule has 0 aliphatic carbocycles. The van der Waals surface area contributed by atoms with E-state index in [2.05, 4.69) is 5.32 Å². The fraction of sp³-hybridized carbons (Fsp3) is 0.600. The number of carbonyl (C=O) groups excluding carboxylic acids is 2. The molecule has 1 N–H and O–H groups in total. The fourth-order valence-corrected chi connectivity index (χ4v) is 3.13. The van der Waals surface area contributed by atoms with Gasteiger partial charge in [-0.1, -0.05) is 18.2 Å². The first-order chi connectivity index (χ1) is 12.0. The summed E-state index contributed by atoms with van der Waals surface area (Å²) in [5.74, 6) is -0.856. The lowest BCUT2D eigenvalue weighted by Crippen LogP contribution is -2.50. The van der Waals surface area contributed by atoms with E-state index in [4.69, 9.17) is 4.74 Å². The molecular formula is C20H29FN2O3. The molecule has 1 atom stereocenters. The second-order valence-corrected chi connectivity index (χ2v) is 8.36. The quantitative estimate of drug-likeness (QED) is 0.887. The van der Waals surface area contributed by atoms with Gasteiger partial charge in [0, 0.05) is 18.7 Å². The third kappa shape index (κ3) is 5.19. The fourth-order valence-electron chi connectivity index (χ4n) is 3.13. The van der Waals surface area contributed by atoms with E-state index >= 15 is 0 Å². The van der Waals surface area contributed by atoms with Gasteiger partial charge in [-0.05, 0) is 53.5 Å². The highest BCUT2D eigenvalue weighted by atomic mass is 19.1. The molecule has 2 amide bonds. The predicted molar refractivity (Wildman–Crippen MR) is 98.1 cm³/mol. The van der Waals surface area contributed by atoms with Crippen molar-refractivity contribution in [1.29, 1.82) is 0 Å². The maximum absolute atomic E-state index is 14.1. The van der Waals surface area contributed by atoms with Crippen LogP contribution in [0.3, 0.4) is 0 Å². The van der Waals surface area contributed by atoms with Gasteiger partial charge in [0.15, 0.2) is 0 Å². The third-order valence-electron chi connectivity index (χ3n) is 4.43.